The monoisotopic (exact) mass is 852 g/mol. The van der Waals surface area contributed by atoms with Crippen LogP contribution in [-0.4, -0.2) is 90.2 Å². The molecule has 0 aromatic carbocycles. The Hall–Kier alpha value is -2.16. The first-order chi connectivity index (χ1) is 27.2. The number of nitrogens with two attached hydrogens (primary N) is 1. The number of aliphatic carboxylic acids is 1. The summed E-state index contributed by atoms with van der Waals surface area (Å²) < 4.78 is 44.3. The molecule has 5 fully saturated rings. The van der Waals surface area contributed by atoms with Crippen LogP contribution in [0.2, 0.25) is 0 Å². The summed E-state index contributed by atoms with van der Waals surface area (Å²) in [6.07, 6.45) is -5.38. The molecule has 2 bridgehead atoms. The van der Waals surface area contributed by atoms with Crippen molar-refractivity contribution >= 4 is 48.5 Å². The standard InChI is InChI=1S/C35H54N2O18S2/c1-17(2)11-27(40)49-30-29(51-57-55-53-45)28(50-56-54-52-44)23(15-46-26(39)8-7-25(38)37-16-36)48-33(30)47-20-12-21(32(42)43)22-9-10-35-13-19(18(3)31(35)41)5-6-24(35)34(22,4)14-20/h17,19-24,28-31,33,41,44-45H,3,5-16,36H2,1-2,4H3,(H,37,38)(H,42,43)/p-2/t19?,20?,21?,22?,23-,24?,28+,29-,30?,31-,33+,34?,35?/m0/s1. The van der Waals surface area contributed by atoms with Gasteiger partial charge in [-0.15, -0.1) is 8.67 Å². The minimum absolute atomic E-state index is 0.0386. The minimum atomic E-state index is -1.54. The molecule has 0 aromatic heterocycles. The fraction of sp³-hybridized carbons (Fsp3) is 0.829. The number of ether oxygens (including phenoxy) is 4. The first-order valence-electron chi connectivity index (χ1n) is 19.0. The van der Waals surface area contributed by atoms with Crippen molar-refractivity contribution in [2.75, 3.05) is 13.3 Å². The van der Waals surface area contributed by atoms with Crippen molar-refractivity contribution in [2.45, 2.75) is 128 Å². The Bertz CT molecular complexity index is 1430. The van der Waals surface area contributed by atoms with Gasteiger partial charge in [-0.2, -0.15) is 0 Å². The van der Waals surface area contributed by atoms with Gasteiger partial charge in [-0.05, 0) is 79.6 Å². The fourth-order valence-corrected chi connectivity index (χ4v) is 11.1. The van der Waals surface area contributed by atoms with Crippen molar-refractivity contribution in [2.24, 2.45) is 46.2 Å². The Morgan fingerprint density at radius 1 is 1.02 bits per heavy atom. The molecule has 22 heteroatoms. The molecule has 0 aromatic rings. The van der Waals surface area contributed by atoms with Gasteiger partial charge in [0, 0.05) is 18.3 Å². The Labute approximate surface area is 338 Å². The van der Waals surface area contributed by atoms with Crippen LogP contribution in [0.5, 0.6) is 0 Å². The van der Waals surface area contributed by atoms with E-state index < -0.39 is 90.1 Å². The van der Waals surface area contributed by atoms with Gasteiger partial charge >= 0.3 is 17.9 Å². The van der Waals surface area contributed by atoms with Crippen LogP contribution in [0, 0.1) is 40.4 Å². The highest BCUT2D eigenvalue weighted by Gasteiger charge is 2.67. The molecule has 4 aliphatic carbocycles. The lowest BCUT2D eigenvalue weighted by atomic mass is 9.43. The molecule has 1 saturated heterocycles. The van der Waals surface area contributed by atoms with E-state index in [0.29, 0.717) is 19.3 Å². The van der Waals surface area contributed by atoms with Gasteiger partial charge in [-0.3, -0.25) is 37.6 Å². The number of amides is 1. The van der Waals surface area contributed by atoms with Gasteiger partial charge in [0.1, 0.15) is 24.9 Å². The van der Waals surface area contributed by atoms with E-state index in [1.54, 1.807) is 13.8 Å². The molecule has 5 N–H and O–H groups in total. The number of carboxylic acid groups (broad SMARTS) is 1. The lowest BCUT2D eigenvalue weighted by Gasteiger charge is -2.62. The van der Waals surface area contributed by atoms with E-state index in [9.17, 15) is 39.9 Å². The van der Waals surface area contributed by atoms with E-state index in [-0.39, 0.29) is 80.7 Å². The summed E-state index contributed by atoms with van der Waals surface area (Å²) in [6, 6.07) is 0. The Morgan fingerprint density at radius 3 is 2.37 bits per heavy atom. The largest absolute Gasteiger partial charge is 0.691 e. The molecule has 1 amide bonds. The van der Waals surface area contributed by atoms with Crippen LogP contribution in [0.4, 0.5) is 0 Å². The van der Waals surface area contributed by atoms with Gasteiger partial charge in [0.2, 0.25) is 5.91 Å². The van der Waals surface area contributed by atoms with E-state index in [1.165, 1.54) is 0 Å². The van der Waals surface area contributed by atoms with Crippen molar-refractivity contribution in [1.29, 1.82) is 0 Å². The number of aliphatic hydroxyl groups is 1. The maximum absolute atomic E-state index is 13.3. The maximum Gasteiger partial charge on any atom is 0.306 e. The Morgan fingerprint density at radius 2 is 1.72 bits per heavy atom. The predicted molar refractivity (Wildman–Crippen MR) is 189 cm³/mol. The maximum atomic E-state index is 13.3. The second kappa shape index (κ2) is 20.4. The van der Waals surface area contributed by atoms with E-state index in [0.717, 1.165) is 24.8 Å². The summed E-state index contributed by atoms with van der Waals surface area (Å²) in [5.74, 6) is -4.04. The molecule has 8 unspecified atom stereocenters. The highest BCUT2D eigenvalue weighted by Crippen LogP contribution is 2.70. The van der Waals surface area contributed by atoms with Gasteiger partial charge in [0.25, 0.3) is 0 Å². The normalized spacial score (nSPS) is 37.3. The number of nitrogens with one attached hydrogen (secondary N) is 1. The Kier molecular flexibility index (Phi) is 16.4. The van der Waals surface area contributed by atoms with Crippen LogP contribution >= 0.6 is 24.6 Å². The molecule has 5 aliphatic rings. The quantitative estimate of drug-likeness (QED) is 0.0194. The fourth-order valence-electron chi connectivity index (χ4n) is 10.3. The van der Waals surface area contributed by atoms with Gasteiger partial charge in [0.05, 0.1) is 31.2 Å². The number of carboxylic acids is 1. The SMILES string of the molecule is C=C1C2CCC3C4(C)CC(O[C@@H]5O[C@@H](COC(=O)CCC(=O)NCN)[C@@H](OSOO[O-])[C@H](OSOO[O-])C5OC(=O)CC(C)C)CC(C(=O)O)C4CCC3(C2)[C@H]1O. The van der Waals surface area contributed by atoms with Crippen LogP contribution in [0.3, 0.4) is 0 Å². The van der Waals surface area contributed by atoms with Gasteiger partial charge < -0.3 is 50.7 Å². The van der Waals surface area contributed by atoms with Crippen molar-refractivity contribution in [3.05, 3.63) is 12.2 Å². The first-order valence-corrected chi connectivity index (χ1v) is 20.3. The average Bonchev–Trinajstić information content (AvgIpc) is 3.33. The molecule has 5 rings (SSSR count). The summed E-state index contributed by atoms with van der Waals surface area (Å²) >= 11 is 0.0880. The number of hydrogen-bond acceptors (Lipinski definition) is 20. The molecule has 20 nitrogen and oxygen atoms in total. The topological polar surface area (TPSA) is 285 Å². The second-order valence-corrected chi connectivity index (χ2v) is 17.1. The minimum Gasteiger partial charge on any atom is -0.691 e. The highest BCUT2D eigenvalue weighted by atomic mass is 32.2. The van der Waals surface area contributed by atoms with Gasteiger partial charge in [-0.25, -0.2) is 0 Å². The third-order valence-corrected chi connectivity index (χ3v) is 13.4. The lowest BCUT2D eigenvalue weighted by molar-refractivity contribution is -0.778. The van der Waals surface area contributed by atoms with E-state index in [2.05, 4.69) is 37.6 Å². The van der Waals surface area contributed by atoms with Crippen molar-refractivity contribution < 1.29 is 86.0 Å². The summed E-state index contributed by atoms with van der Waals surface area (Å²) in [4.78, 5) is 50.9. The van der Waals surface area contributed by atoms with Crippen LogP contribution in [0.15, 0.2) is 12.2 Å². The zero-order chi connectivity index (χ0) is 41.5. The first kappa shape index (κ1) is 45.9. The van der Waals surface area contributed by atoms with Crippen molar-refractivity contribution in [1.82, 2.24) is 5.32 Å². The summed E-state index contributed by atoms with van der Waals surface area (Å²) in [7, 11) is 0. The van der Waals surface area contributed by atoms with E-state index in [1.807, 2.05) is 0 Å². The number of carbonyl (C=O) groups excluding carboxylic acids is 3. The van der Waals surface area contributed by atoms with Crippen LogP contribution in [0.1, 0.15) is 85.0 Å². The third kappa shape index (κ3) is 10.4. The molecule has 0 radical (unpaired) electrons. The molecule has 13 atom stereocenters. The van der Waals surface area contributed by atoms with Gasteiger partial charge in [-0.1, -0.05) is 27.4 Å². The number of esters is 2. The Balaban J connectivity index is 1.47. The predicted octanol–water partition coefficient (Wildman–Crippen LogP) is 0.998. The summed E-state index contributed by atoms with van der Waals surface area (Å²) in [5.41, 5.74) is 5.11. The van der Waals surface area contributed by atoms with Gasteiger partial charge in [0.15, 0.2) is 37.0 Å². The lowest BCUT2D eigenvalue weighted by Crippen LogP contribution is -2.63. The van der Waals surface area contributed by atoms with Crippen molar-refractivity contribution in [3.63, 3.8) is 0 Å². The molecule has 57 heavy (non-hydrogen) atoms. The summed E-state index contributed by atoms with van der Waals surface area (Å²) in [5, 5.41) is 52.8. The van der Waals surface area contributed by atoms with Crippen molar-refractivity contribution in [3.8, 4) is 0 Å². The van der Waals surface area contributed by atoms with E-state index in [4.69, 9.17) is 33.0 Å². The average molecular weight is 853 g/mol. The molecule has 1 heterocycles. The zero-order valence-corrected chi connectivity index (χ0v) is 33.6. The third-order valence-electron chi connectivity index (χ3n) is 12.5. The van der Waals surface area contributed by atoms with E-state index >= 15 is 0 Å². The van der Waals surface area contributed by atoms with Crippen LogP contribution < -0.4 is 21.6 Å². The molecule has 4 saturated carbocycles. The highest BCUT2D eigenvalue weighted by molar-refractivity contribution is 7.90. The molecular weight excluding hydrogens is 801 g/mol. The smallest absolute Gasteiger partial charge is 0.306 e. The zero-order valence-electron chi connectivity index (χ0n) is 31.9. The molecular formula is C35H52N2O18S2-2. The number of fused-ring (bicyclic) bond motifs is 3. The second-order valence-electron chi connectivity index (χ2n) is 16.1. The molecule has 324 valence electrons. The molecule has 1 spiro atoms. The number of rotatable bonds is 20. The number of hydrogen-bond donors (Lipinski definition) is 4. The van der Waals surface area contributed by atoms with Crippen LogP contribution in [-0.2, 0) is 65.2 Å². The summed E-state index contributed by atoms with van der Waals surface area (Å²) in [6.45, 7) is 9.17. The number of aliphatic hydroxyl groups excluding tert-OH is 1. The number of carbonyl (C=O) groups is 4. The van der Waals surface area contributed by atoms with Crippen LogP contribution in [0.25, 0.3) is 0 Å². The molecule has 1 aliphatic heterocycles.